The Labute approximate surface area is 148 Å². The molecule has 2 rings (SSSR count). The summed E-state index contributed by atoms with van der Waals surface area (Å²) in [7, 11) is 0. The van der Waals surface area contributed by atoms with E-state index in [9.17, 15) is 9.18 Å². The van der Waals surface area contributed by atoms with E-state index in [1.807, 2.05) is 0 Å². The number of carbonyl (C=O) groups is 1. The summed E-state index contributed by atoms with van der Waals surface area (Å²) in [4.78, 5) is 11.8. The molecule has 0 spiro atoms. The SMILES string of the molecule is O=C(C=Cc1ccc(Cl)cc1Cl)NC(=S)Nc1ccccc1F. The van der Waals surface area contributed by atoms with Crippen LogP contribution in [0.5, 0.6) is 0 Å². The maximum Gasteiger partial charge on any atom is 0.250 e. The second kappa shape index (κ2) is 8.06. The Bertz CT molecular complexity index is 780. The fourth-order valence-corrected chi connectivity index (χ4v) is 2.35. The first-order chi connectivity index (χ1) is 11.0. The van der Waals surface area contributed by atoms with Gasteiger partial charge in [0.05, 0.1) is 5.69 Å². The highest BCUT2D eigenvalue weighted by atomic mass is 35.5. The third-order valence-corrected chi connectivity index (χ3v) is 3.50. The van der Waals surface area contributed by atoms with Crippen molar-refractivity contribution in [3.8, 4) is 0 Å². The Hall–Kier alpha value is -1.95. The van der Waals surface area contributed by atoms with Crippen molar-refractivity contribution in [1.29, 1.82) is 0 Å². The molecule has 2 aromatic rings. The smallest absolute Gasteiger partial charge is 0.250 e. The molecule has 0 saturated carbocycles. The second-order valence-electron chi connectivity index (χ2n) is 4.42. The molecule has 0 radical (unpaired) electrons. The summed E-state index contributed by atoms with van der Waals surface area (Å²) in [5, 5.41) is 5.94. The van der Waals surface area contributed by atoms with Gasteiger partial charge in [0.1, 0.15) is 5.82 Å². The predicted molar refractivity (Wildman–Crippen MR) is 96.3 cm³/mol. The molecule has 3 nitrogen and oxygen atoms in total. The first-order valence-electron chi connectivity index (χ1n) is 6.45. The molecule has 0 bridgehead atoms. The van der Waals surface area contributed by atoms with E-state index in [-0.39, 0.29) is 10.8 Å². The third-order valence-electron chi connectivity index (χ3n) is 2.74. The largest absolute Gasteiger partial charge is 0.330 e. The van der Waals surface area contributed by atoms with Gasteiger partial charge in [-0.15, -0.1) is 0 Å². The molecular formula is C16H11Cl2FN2OS. The zero-order chi connectivity index (χ0) is 16.8. The Morgan fingerprint density at radius 2 is 1.91 bits per heavy atom. The Morgan fingerprint density at radius 1 is 1.17 bits per heavy atom. The molecule has 0 aliphatic heterocycles. The molecule has 2 aromatic carbocycles. The van der Waals surface area contributed by atoms with Crippen molar-refractivity contribution < 1.29 is 9.18 Å². The van der Waals surface area contributed by atoms with Crippen LogP contribution in [0.25, 0.3) is 6.08 Å². The molecule has 0 atom stereocenters. The minimum absolute atomic E-state index is 0.00745. The molecule has 0 heterocycles. The number of hydrogen-bond donors (Lipinski definition) is 2. The third kappa shape index (κ3) is 5.32. The van der Waals surface area contributed by atoms with E-state index >= 15 is 0 Å². The molecule has 2 N–H and O–H groups in total. The van der Waals surface area contributed by atoms with Crippen molar-refractivity contribution in [2.45, 2.75) is 0 Å². The Morgan fingerprint density at radius 3 is 2.61 bits per heavy atom. The fraction of sp³-hybridized carbons (Fsp3) is 0. The minimum atomic E-state index is -0.468. The van der Waals surface area contributed by atoms with Crippen molar-refractivity contribution in [2.75, 3.05) is 5.32 Å². The van der Waals surface area contributed by atoms with Gasteiger partial charge in [0.15, 0.2) is 5.11 Å². The van der Waals surface area contributed by atoms with Crippen molar-refractivity contribution in [2.24, 2.45) is 0 Å². The van der Waals surface area contributed by atoms with Gasteiger partial charge in [0, 0.05) is 16.1 Å². The number of benzene rings is 2. The van der Waals surface area contributed by atoms with E-state index in [0.29, 0.717) is 15.6 Å². The summed E-state index contributed by atoms with van der Waals surface area (Å²) in [6.07, 6.45) is 2.80. The first-order valence-corrected chi connectivity index (χ1v) is 7.62. The molecule has 118 valence electrons. The summed E-state index contributed by atoms with van der Waals surface area (Å²) in [6.45, 7) is 0. The summed E-state index contributed by atoms with van der Waals surface area (Å²) in [5.74, 6) is -0.933. The molecule has 0 aromatic heterocycles. The molecule has 0 aliphatic rings. The number of rotatable bonds is 3. The normalized spacial score (nSPS) is 10.6. The van der Waals surface area contributed by atoms with Crippen LogP contribution in [0.15, 0.2) is 48.5 Å². The van der Waals surface area contributed by atoms with E-state index < -0.39 is 11.7 Å². The molecule has 0 unspecified atom stereocenters. The fourth-order valence-electron chi connectivity index (χ4n) is 1.67. The molecule has 7 heteroatoms. The van der Waals surface area contributed by atoms with E-state index in [1.54, 1.807) is 30.3 Å². The van der Waals surface area contributed by atoms with Crippen LogP contribution < -0.4 is 10.6 Å². The highest BCUT2D eigenvalue weighted by Crippen LogP contribution is 2.21. The summed E-state index contributed by atoms with van der Waals surface area (Å²) in [5.41, 5.74) is 0.821. The standard InChI is InChI=1S/C16H11Cl2FN2OS/c17-11-7-5-10(12(18)9-11)6-8-15(22)21-16(23)20-14-4-2-1-3-13(14)19/h1-9H,(H2,20,21,22,23). The summed E-state index contributed by atoms with van der Waals surface area (Å²) < 4.78 is 13.5. The monoisotopic (exact) mass is 368 g/mol. The van der Waals surface area contributed by atoms with Crippen LogP contribution in [0.1, 0.15) is 5.56 Å². The van der Waals surface area contributed by atoms with Gasteiger partial charge in [0.2, 0.25) is 5.91 Å². The lowest BCUT2D eigenvalue weighted by atomic mass is 10.2. The van der Waals surface area contributed by atoms with E-state index in [4.69, 9.17) is 35.4 Å². The number of carbonyl (C=O) groups excluding carboxylic acids is 1. The van der Waals surface area contributed by atoms with Crippen LogP contribution in [0.3, 0.4) is 0 Å². The van der Waals surface area contributed by atoms with Crippen LogP contribution in [0.4, 0.5) is 10.1 Å². The van der Waals surface area contributed by atoms with Crippen molar-refractivity contribution in [1.82, 2.24) is 5.32 Å². The summed E-state index contributed by atoms with van der Waals surface area (Å²) in [6, 6.07) is 10.9. The average Bonchev–Trinajstić information content (AvgIpc) is 2.48. The number of nitrogens with one attached hydrogen (secondary N) is 2. The summed E-state index contributed by atoms with van der Waals surface area (Å²) >= 11 is 16.7. The average molecular weight is 369 g/mol. The molecular weight excluding hydrogens is 358 g/mol. The first kappa shape index (κ1) is 17.4. The maximum atomic E-state index is 13.5. The van der Waals surface area contributed by atoms with Gasteiger partial charge in [-0.1, -0.05) is 41.4 Å². The van der Waals surface area contributed by atoms with Gasteiger partial charge < -0.3 is 5.32 Å². The van der Waals surface area contributed by atoms with Gasteiger partial charge in [-0.3, -0.25) is 10.1 Å². The van der Waals surface area contributed by atoms with Gasteiger partial charge >= 0.3 is 0 Å². The topological polar surface area (TPSA) is 41.1 Å². The molecule has 23 heavy (non-hydrogen) atoms. The zero-order valence-corrected chi connectivity index (χ0v) is 14.0. The van der Waals surface area contributed by atoms with E-state index in [2.05, 4.69) is 10.6 Å². The zero-order valence-electron chi connectivity index (χ0n) is 11.6. The lowest BCUT2D eigenvalue weighted by molar-refractivity contribution is -0.115. The van der Waals surface area contributed by atoms with Crippen LogP contribution >= 0.6 is 35.4 Å². The Balaban J connectivity index is 1.95. The van der Waals surface area contributed by atoms with Crippen molar-refractivity contribution in [3.05, 3.63) is 70.0 Å². The molecule has 0 saturated heterocycles. The molecule has 0 aliphatic carbocycles. The number of anilines is 1. The van der Waals surface area contributed by atoms with Crippen LogP contribution in [-0.2, 0) is 4.79 Å². The van der Waals surface area contributed by atoms with Gasteiger partial charge in [-0.05, 0) is 48.1 Å². The lowest BCUT2D eigenvalue weighted by Gasteiger charge is -2.08. The number of para-hydroxylation sites is 1. The van der Waals surface area contributed by atoms with Gasteiger partial charge in [0.25, 0.3) is 0 Å². The second-order valence-corrected chi connectivity index (χ2v) is 5.67. The Kier molecular flexibility index (Phi) is 6.10. The van der Waals surface area contributed by atoms with Gasteiger partial charge in [-0.2, -0.15) is 0 Å². The number of halogens is 3. The van der Waals surface area contributed by atoms with Crippen molar-refractivity contribution >= 4 is 58.2 Å². The van der Waals surface area contributed by atoms with Crippen molar-refractivity contribution in [3.63, 3.8) is 0 Å². The van der Waals surface area contributed by atoms with E-state index in [0.717, 1.165) is 0 Å². The predicted octanol–water partition coefficient (Wildman–Crippen LogP) is 4.66. The number of hydrogen-bond acceptors (Lipinski definition) is 2. The lowest BCUT2D eigenvalue weighted by Crippen LogP contribution is -2.33. The minimum Gasteiger partial charge on any atom is -0.330 e. The number of amides is 1. The molecule has 0 fully saturated rings. The van der Waals surface area contributed by atoms with E-state index in [1.165, 1.54) is 24.3 Å². The van der Waals surface area contributed by atoms with Gasteiger partial charge in [-0.25, -0.2) is 4.39 Å². The number of thiocarbonyl (C=S) groups is 1. The highest BCUT2D eigenvalue weighted by Gasteiger charge is 2.05. The van der Waals surface area contributed by atoms with Crippen LogP contribution in [0, 0.1) is 5.82 Å². The van der Waals surface area contributed by atoms with Crippen LogP contribution in [0.2, 0.25) is 10.0 Å². The maximum absolute atomic E-state index is 13.5. The van der Waals surface area contributed by atoms with Crippen LogP contribution in [-0.4, -0.2) is 11.0 Å². The quantitative estimate of drug-likeness (QED) is 0.611. The highest BCUT2D eigenvalue weighted by molar-refractivity contribution is 7.80. The molecule has 1 amide bonds.